The summed E-state index contributed by atoms with van der Waals surface area (Å²) in [5.74, 6) is -0.890. The van der Waals surface area contributed by atoms with Crippen LogP contribution in [0.1, 0.15) is 43.0 Å². The summed E-state index contributed by atoms with van der Waals surface area (Å²) in [6.07, 6.45) is 5.73. The van der Waals surface area contributed by atoms with Crippen LogP contribution in [0.2, 0.25) is 5.02 Å². The van der Waals surface area contributed by atoms with Gasteiger partial charge in [0.05, 0.1) is 22.3 Å². The summed E-state index contributed by atoms with van der Waals surface area (Å²) in [6.45, 7) is 2.26. The topological polar surface area (TPSA) is 102 Å². The van der Waals surface area contributed by atoms with E-state index in [1.54, 1.807) is 29.3 Å². The number of amides is 1. The van der Waals surface area contributed by atoms with Gasteiger partial charge in [0.15, 0.2) is 0 Å². The van der Waals surface area contributed by atoms with Crippen molar-refractivity contribution in [1.29, 1.82) is 0 Å². The van der Waals surface area contributed by atoms with Crippen molar-refractivity contribution < 1.29 is 19.4 Å². The summed E-state index contributed by atoms with van der Waals surface area (Å²) in [5, 5.41) is 9.98. The van der Waals surface area contributed by atoms with Gasteiger partial charge in [-0.05, 0) is 44.4 Å². The molecular weight excluding hydrogens is 446 g/mol. The molecule has 0 radical (unpaired) electrons. The summed E-state index contributed by atoms with van der Waals surface area (Å²) in [7, 11) is 0. The molecule has 9 heteroatoms. The van der Waals surface area contributed by atoms with Crippen LogP contribution in [-0.2, 0) is 10.3 Å². The van der Waals surface area contributed by atoms with Gasteiger partial charge in [-0.25, -0.2) is 9.78 Å². The van der Waals surface area contributed by atoms with Gasteiger partial charge in [0.2, 0.25) is 17.2 Å². The van der Waals surface area contributed by atoms with Gasteiger partial charge >= 0.3 is 5.97 Å². The average molecular weight is 468 g/mol. The second-order valence-corrected chi connectivity index (χ2v) is 9.21. The van der Waals surface area contributed by atoms with Gasteiger partial charge in [-0.2, -0.15) is 0 Å². The first-order valence-corrected chi connectivity index (χ1v) is 11.1. The molecule has 1 aliphatic carbocycles. The molecule has 2 aromatic heterocycles. The summed E-state index contributed by atoms with van der Waals surface area (Å²) in [5.41, 5.74) is -0.111. The molecule has 5 rings (SSSR count). The number of carbonyl (C=O) groups excluding carboxylic acids is 1. The van der Waals surface area contributed by atoms with Gasteiger partial charge in [0, 0.05) is 35.8 Å². The highest BCUT2D eigenvalue weighted by Crippen LogP contribution is 2.45. The Labute approximate surface area is 194 Å². The predicted octanol–water partition coefficient (Wildman–Crippen LogP) is 3.83. The molecule has 1 aliphatic heterocycles. The van der Waals surface area contributed by atoms with Crippen molar-refractivity contribution in [3.8, 4) is 5.88 Å². The first kappa shape index (κ1) is 21.5. The highest BCUT2D eigenvalue weighted by atomic mass is 35.5. The minimum atomic E-state index is -1.28. The maximum atomic E-state index is 12.9. The van der Waals surface area contributed by atoms with E-state index in [1.165, 1.54) is 12.3 Å². The lowest BCUT2D eigenvalue weighted by Gasteiger charge is -2.27. The average Bonchev–Trinajstić information content (AvgIpc) is 3.44. The fourth-order valence-corrected chi connectivity index (χ4v) is 4.64. The number of aromatic carboxylic acids is 1. The lowest BCUT2D eigenvalue weighted by molar-refractivity contribution is -0.117. The molecular formula is C24H22ClN3O5. The molecule has 1 saturated carbocycles. The Balaban J connectivity index is 1.59. The first-order valence-electron chi connectivity index (χ1n) is 10.8. The van der Waals surface area contributed by atoms with Crippen LogP contribution in [0.4, 0.5) is 5.69 Å². The lowest BCUT2D eigenvalue weighted by atomic mass is 10.1. The Morgan fingerprint density at radius 1 is 1.30 bits per heavy atom. The van der Waals surface area contributed by atoms with Crippen LogP contribution in [0, 0.1) is 0 Å². The summed E-state index contributed by atoms with van der Waals surface area (Å²) in [4.78, 5) is 43.2. The van der Waals surface area contributed by atoms with E-state index in [2.05, 4.69) is 4.98 Å². The molecule has 8 nitrogen and oxygen atoms in total. The van der Waals surface area contributed by atoms with Gasteiger partial charge < -0.3 is 19.3 Å². The minimum Gasteiger partial charge on any atom is -0.477 e. The van der Waals surface area contributed by atoms with Crippen molar-refractivity contribution >= 4 is 40.1 Å². The number of carboxylic acids is 1. The van der Waals surface area contributed by atoms with E-state index in [0.717, 1.165) is 12.8 Å². The SMILES string of the molecule is CC1(n2cc(C(=O)O)c(=O)c3cc(Cl)c(N4C(=O)CC[C@@H]4COc4ccccn4)cc32)CC1. The number of ether oxygens (including phenoxy) is 1. The van der Waals surface area contributed by atoms with E-state index in [9.17, 15) is 19.5 Å². The number of pyridine rings is 2. The number of carbonyl (C=O) groups is 2. The first-order chi connectivity index (χ1) is 15.8. The third-order valence-electron chi connectivity index (χ3n) is 6.50. The molecule has 1 aromatic carbocycles. The van der Waals surface area contributed by atoms with Gasteiger partial charge in [-0.15, -0.1) is 0 Å². The number of fused-ring (bicyclic) bond motifs is 1. The third-order valence-corrected chi connectivity index (χ3v) is 6.81. The van der Waals surface area contributed by atoms with Crippen molar-refractivity contribution in [3.63, 3.8) is 0 Å². The van der Waals surface area contributed by atoms with Gasteiger partial charge in [0.1, 0.15) is 12.2 Å². The van der Waals surface area contributed by atoms with Crippen LogP contribution in [-0.4, -0.2) is 39.2 Å². The standard InChI is InChI=1S/C24H22ClN3O5/c1-24(7-8-24)27-12-16(23(31)32)22(30)15-10-17(25)19(11-18(15)27)28-14(5-6-21(28)29)13-33-20-4-2-3-9-26-20/h2-4,9-12,14H,5-8,13H2,1H3,(H,31,32)/t14-/m1/s1. The van der Waals surface area contributed by atoms with E-state index >= 15 is 0 Å². The normalized spacial score (nSPS) is 19.2. The number of anilines is 1. The van der Waals surface area contributed by atoms with Crippen LogP contribution < -0.4 is 15.1 Å². The predicted molar refractivity (Wildman–Crippen MR) is 123 cm³/mol. The molecule has 0 bridgehead atoms. The molecule has 1 amide bonds. The van der Waals surface area contributed by atoms with Crippen LogP contribution in [0.25, 0.3) is 10.9 Å². The molecule has 1 saturated heterocycles. The van der Waals surface area contributed by atoms with E-state index in [4.69, 9.17) is 16.3 Å². The monoisotopic (exact) mass is 467 g/mol. The lowest BCUT2D eigenvalue weighted by Crippen LogP contribution is -2.37. The van der Waals surface area contributed by atoms with Crippen LogP contribution >= 0.6 is 11.6 Å². The number of nitrogens with zero attached hydrogens (tertiary/aromatic N) is 3. The Kier molecular flexibility index (Phi) is 5.12. The third kappa shape index (κ3) is 3.74. The van der Waals surface area contributed by atoms with Crippen molar-refractivity contribution in [2.24, 2.45) is 0 Å². The fourth-order valence-electron chi connectivity index (χ4n) is 4.39. The van der Waals surface area contributed by atoms with Gasteiger partial charge in [0.25, 0.3) is 0 Å². The maximum Gasteiger partial charge on any atom is 0.341 e. The second kappa shape index (κ2) is 7.88. The van der Waals surface area contributed by atoms with Crippen molar-refractivity contribution in [3.05, 3.63) is 63.5 Å². The van der Waals surface area contributed by atoms with Crippen molar-refractivity contribution in [1.82, 2.24) is 9.55 Å². The summed E-state index contributed by atoms with van der Waals surface area (Å²) >= 11 is 6.57. The van der Waals surface area contributed by atoms with E-state index in [0.29, 0.717) is 29.9 Å². The number of halogens is 1. The molecule has 170 valence electrons. The fraction of sp³-hybridized carbons (Fsp3) is 0.333. The van der Waals surface area contributed by atoms with Gasteiger partial charge in [-0.1, -0.05) is 17.7 Å². The number of hydrogen-bond acceptors (Lipinski definition) is 5. The molecule has 0 unspecified atom stereocenters. The zero-order chi connectivity index (χ0) is 23.3. The minimum absolute atomic E-state index is 0.0837. The van der Waals surface area contributed by atoms with E-state index in [-0.39, 0.29) is 40.1 Å². The molecule has 2 aliphatic rings. The molecule has 2 fully saturated rings. The maximum absolute atomic E-state index is 12.9. The molecule has 1 N–H and O–H groups in total. The number of benzene rings is 1. The number of aromatic nitrogens is 2. The Bertz CT molecular complexity index is 1330. The summed E-state index contributed by atoms with van der Waals surface area (Å²) in [6, 6.07) is 8.33. The molecule has 0 spiro atoms. The Hall–Kier alpha value is -3.39. The highest BCUT2D eigenvalue weighted by molar-refractivity contribution is 6.34. The smallest absolute Gasteiger partial charge is 0.341 e. The van der Waals surface area contributed by atoms with Crippen molar-refractivity contribution in [2.75, 3.05) is 11.5 Å². The van der Waals surface area contributed by atoms with Crippen LogP contribution in [0.3, 0.4) is 0 Å². The molecule has 1 atom stereocenters. The van der Waals surface area contributed by atoms with Crippen LogP contribution in [0.5, 0.6) is 5.88 Å². The second-order valence-electron chi connectivity index (χ2n) is 8.80. The Morgan fingerprint density at radius 3 is 2.76 bits per heavy atom. The van der Waals surface area contributed by atoms with Gasteiger partial charge in [-0.3, -0.25) is 9.59 Å². The molecule has 3 aromatic rings. The highest BCUT2D eigenvalue weighted by Gasteiger charge is 2.41. The largest absolute Gasteiger partial charge is 0.477 e. The van der Waals surface area contributed by atoms with E-state index in [1.807, 2.05) is 17.6 Å². The zero-order valence-corrected chi connectivity index (χ0v) is 18.7. The van der Waals surface area contributed by atoms with E-state index < -0.39 is 11.4 Å². The molecule has 3 heterocycles. The van der Waals surface area contributed by atoms with Crippen molar-refractivity contribution in [2.45, 2.75) is 44.2 Å². The number of carboxylic acid groups (broad SMARTS) is 1. The molecule has 33 heavy (non-hydrogen) atoms. The summed E-state index contributed by atoms with van der Waals surface area (Å²) < 4.78 is 7.64. The zero-order valence-electron chi connectivity index (χ0n) is 18.0. The number of rotatable bonds is 6. The number of hydrogen-bond donors (Lipinski definition) is 1. The quantitative estimate of drug-likeness (QED) is 0.591. The Morgan fingerprint density at radius 2 is 2.09 bits per heavy atom. The van der Waals surface area contributed by atoms with Crippen LogP contribution in [0.15, 0.2) is 47.5 Å².